The minimum Gasteiger partial charge on any atom is -0.464 e. The summed E-state index contributed by atoms with van der Waals surface area (Å²) in [7, 11) is 0. The molecule has 0 aliphatic heterocycles. The zero-order chi connectivity index (χ0) is 18.4. The summed E-state index contributed by atoms with van der Waals surface area (Å²) < 4.78 is 11.2. The molecular formula is C20H21N3O3. The monoisotopic (exact) mass is 351 g/mol. The van der Waals surface area contributed by atoms with Crippen LogP contribution in [0.5, 0.6) is 17.6 Å². The number of hydrogen-bond donors (Lipinski definition) is 1. The maximum absolute atomic E-state index is 11.7. The summed E-state index contributed by atoms with van der Waals surface area (Å²) in [6.07, 6.45) is 4.67. The molecule has 2 heterocycles. The van der Waals surface area contributed by atoms with Crippen LogP contribution in [0.15, 0.2) is 53.6 Å². The number of nitrogens with one attached hydrogen (secondary N) is 1. The lowest BCUT2D eigenvalue weighted by Gasteiger charge is -2.07. The van der Waals surface area contributed by atoms with Gasteiger partial charge >= 0.3 is 0 Å². The smallest absolute Gasteiger partial charge is 0.296 e. The van der Waals surface area contributed by atoms with Gasteiger partial charge in [-0.1, -0.05) is 25.1 Å². The van der Waals surface area contributed by atoms with Crippen LogP contribution in [0.25, 0.3) is 0 Å². The molecule has 2 aromatic heterocycles. The Balaban J connectivity index is 1.52. The quantitative estimate of drug-likeness (QED) is 0.705. The number of pyridine rings is 1. The molecule has 0 saturated carbocycles. The fraction of sp³-hybridized carbons (Fsp3) is 0.250. The van der Waals surface area contributed by atoms with Gasteiger partial charge in [0.05, 0.1) is 6.61 Å². The highest BCUT2D eigenvalue weighted by Gasteiger charge is 2.03. The largest absolute Gasteiger partial charge is 0.464 e. The first-order valence-corrected chi connectivity index (χ1v) is 8.54. The van der Waals surface area contributed by atoms with Crippen molar-refractivity contribution in [3.05, 3.63) is 75.8 Å². The molecule has 0 fully saturated rings. The molecule has 0 bridgehead atoms. The average molecular weight is 351 g/mol. The standard InChI is InChI=1S/C20H21N3O3/c1-3-16-13-22-20(23-19(16)24)25-11-10-15-5-7-17(8-6-15)26-18-9-4-14(2)12-21-18/h4-9,12-13H,3,10-11H2,1-2H3,(H,22,23,24). The van der Waals surface area contributed by atoms with Crippen molar-refractivity contribution in [2.45, 2.75) is 26.7 Å². The fourth-order valence-corrected chi connectivity index (χ4v) is 2.36. The van der Waals surface area contributed by atoms with Crippen molar-refractivity contribution in [1.29, 1.82) is 0 Å². The molecule has 0 saturated heterocycles. The Morgan fingerprint density at radius 3 is 2.50 bits per heavy atom. The summed E-state index contributed by atoms with van der Waals surface area (Å²) in [5.74, 6) is 1.30. The summed E-state index contributed by atoms with van der Waals surface area (Å²) in [4.78, 5) is 22.7. The molecule has 0 spiro atoms. The number of hydrogen-bond acceptors (Lipinski definition) is 5. The zero-order valence-electron chi connectivity index (χ0n) is 14.9. The summed E-state index contributed by atoms with van der Waals surface area (Å²) in [5.41, 5.74) is 2.69. The molecule has 0 radical (unpaired) electrons. The second-order valence-corrected chi connectivity index (χ2v) is 5.91. The van der Waals surface area contributed by atoms with Crippen molar-refractivity contribution < 1.29 is 9.47 Å². The molecule has 0 unspecified atom stereocenters. The van der Waals surface area contributed by atoms with Gasteiger partial charge in [-0.25, -0.2) is 9.97 Å². The van der Waals surface area contributed by atoms with Gasteiger partial charge in [0.2, 0.25) is 5.88 Å². The predicted molar refractivity (Wildman–Crippen MR) is 98.9 cm³/mol. The molecule has 1 aromatic carbocycles. The summed E-state index contributed by atoms with van der Waals surface area (Å²) in [5, 5.41) is 0. The van der Waals surface area contributed by atoms with Gasteiger partial charge in [-0.3, -0.25) is 9.78 Å². The third-order valence-corrected chi connectivity index (χ3v) is 3.89. The number of nitrogens with zero attached hydrogens (tertiary/aromatic N) is 2. The van der Waals surface area contributed by atoms with E-state index in [1.807, 2.05) is 50.2 Å². The third-order valence-electron chi connectivity index (χ3n) is 3.89. The van der Waals surface area contributed by atoms with E-state index >= 15 is 0 Å². The number of benzene rings is 1. The SMILES string of the molecule is CCc1cnc(OCCc2ccc(Oc3ccc(C)cn3)cc2)[nH]c1=O. The van der Waals surface area contributed by atoms with E-state index in [-0.39, 0.29) is 11.6 Å². The molecule has 6 nitrogen and oxygen atoms in total. The molecule has 3 rings (SSSR count). The highest BCUT2D eigenvalue weighted by molar-refractivity contribution is 5.31. The van der Waals surface area contributed by atoms with Gasteiger partial charge in [0.25, 0.3) is 11.6 Å². The molecule has 6 heteroatoms. The van der Waals surface area contributed by atoms with Gasteiger partial charge < -0.3 is 9.47 Å². The minimum atomic E-state index is -0.149. The Labute approximate surface area is 151 Å². The summed E-state index contributed by atoms with van der Waals surface area (Å²) in [6.45, 7) is 4.32. The molecule has 0 atom stereocenters. The normalized spacial score (nSPS) is 10.5. The number of aromatic nitrogens is 3. The molecule has 26 heavy (non-hydrogen) atoms. The van der Waals surface area contributed by atoms with Crippen LogP contribution in [0.3, 0.4) is 0 Å². The van der Waals surface area contributed by atoms with Crippen LogP contribution in [-0.4, -0.2) is 21.6 Å². The van der Waals surface area contributed by atoms with Crippen molar-refractivity contribution in [3.8, 4) is 17.6 Å². The first-order chi connectivity index (χ1) is 12.6. The van der Waals surface area contributed by atoms with Crippen LogP contribution in [0, 0.1) is 6.92 Å². The van der Waals surface area contributed by atoms with E-state index in [1.54, 1.807) is 12.4 Å². The second kappa shape index (κ2) is 8.29. The second-order valence-electron chi connectivity index (χ2n) is 5.91. The lowest BCUT2D eigenvalue weighted by molar-refractivity contribution is 0.295. The Bertz CT molecular complexity index is 903. The van der Waals surface area contributed by atoms with Crippen LogP contribution in [0.2, 0.25) is 0 Å². The van der Waals surface area contributed by atoms with Crippen LogP contribution >= 0.6 is 0 Å². The summed E-state index contributed by atoms with van der Waals surface area (Å²) >= 11 is 0. The van der Waals surface area contributed by atoms with Crippen molar-refractivity contribution in [2.24, 2.45) is 0 Å². The molecule has 0 aliphatic carbocycles. The van der Waals surface area contributed by atoms with Crippen LogP contribution in [0.1, 0.15) is 23.6 Å². The van der Waals surface area contributed by atoms with Gasteiger partial charge in [0.15, 0.2) is 0 Å². The third kappa shape index (κ3) is 4.69. The van der Waals surface area contributed by atoms with Crippen molar-refractivity contribution in [2.75, 3.05) is 6.61 Å². The first-order valence-electron chi connectivity index (χ1n) is 8.54. The molecule has 134 valence electrons. The number of ether oxygens (including phenoxy) is 2. The van der Waals surface area contributed by atoms with Crippen molar-refractivity contribution in [3.63, 3.8) is 0 Å². The van der Waals surface area contributed by atoms with E-state index < -0.39 is 0 Å². The number of aromatic amines is 1. The Morgan fingerprint density at radius 2 is 1.85 bits per heavy atom. The van der Waals surface area contributed by atoms with E-state index in [4.69, 9.17) is 9.47 Å². The van der Waals surface area contributed by atoms with E-state index in [0.717, 1.165) is 16.9 Å². The molecule has 3 aromatic rings. The van der Waals surface area contributed by atoms with Crippen LogP contribution in [0.4, 0.5) is 0 Å². The number of H-pyrrole nitrogens is 1. The topological polar surface area (TPSA) is 77.1 Å². The van der Waals surface area contributed by atoms with Gasteiger partial charge in [-0.15, -0.1) is 0 Å². The summed E-state index contributed by atoms with van der Waals surface area (Å²) in [6, 6.07) is 11.8. The Morgan fingerprint density at radius 1 is 1.04 bits per heavy atom. The fourth-order valence-electron chi connectivity index (χ4n) is 2.36. The predicted octanol–water partition coefficient (Wildman–Crippen LogP) is 3.45. The lowest BCUT2D eigenvalue weighted by Crippen LogP contribution is -2.15. The maximum Gasteiger partial charge on any atom is 0.296 e. The first kappa shape index (κ1) is 17.7. The van der Waals surface area contributed by atoms with Gasteiger partial charge in [-0.05, 0) is 36.6 Å². The van der Waals surface area contributed by atoms with Gasteiger partial charge in [0, 0.05) is 30.4 Å². The van der Waals surface area contributed by atoms with Crippen molar-refractivity contribution in [1.82, 2.24) is 15.0 Å². The molecular weight excluding hydrogens is 330 g/mol. The highest BCUT2D eigenvalue weighted by Crippen LogP contribution is 2.20. The maximum atomic E-state index is 11.7. The Kier molecular flexibility index (Phi) is 5.63. The van der Waals surface area contributed by atoms with E-state index in [0.29, 0.717) is 30.9 Å². The van der Waals surface area contributed by atoms with E-state index in [1.165, 1.54) is 0 Å². The van der Waals surface area contributed by atoms with Crippen molar-refractivity contribution >= 4 is 0 Å². The van der Waals surface area contributed by atoms with Gasteiger partial charge in [0.1, 0.15) is 5.75 Å². The van der Waals surface area contributed by atoms with E-state index in [9.17, 15) is 4.79 Å². The zero-order valence-corrected chi connectivity index (χ0v) is 14.9. The molecule has 0 amide bonds. The van der Waals surface area contributed by atoms with Gasteiger partial charge in [-0.2, -0.15) is 0 Å². The Hall–Kier alpha value is -3.15. The minimum absolute atomic E-state index is 0.149. The molecule has 1 N–H and O–H groups in total. The van der Waals surface area contributed by atoms with Crippen LogP contribution < -0.4 is 15.0 Å². The van der Waals surface area contributed by atoms with Crippen LogP contribution in [-0.2, 0) is 12.8 Å². The lowest BCUT2D eigenvalue weighted by atomic mass is 10.1. The molecule has 0 aliphatic rings. The number of aryl methyl sites for hydroxylation is 2. The number of rotatable bonds is 7. The highest BCUT2D eigenvalue weighted by atomic mass is 16.5. The average Bonchev–Trinajstić information content (AvgIpc) is 2.65. The van der Waals surface area contributed by atoms with E-state index in [2.05, 4.69) is 15.0 Å².